The minimum Gasteiger partial charge on any atom is -0.346 e. The summed E-state index contributed by atoms with van der Waals surface area (Å²) >= 11 is 1.54. The van der Waals surface area contributed by atoms with Crippen molar-refractivity contribution < 1.29 is 13.2 Å². The highest BCUT2D eigenvalue weighted by Crippen LogP contribution is 2.16. The molecule has 1 aliphatic rings. The molecule has 130 valence electrons. The van der Waals surface area contributed by atoms with Crippen molar-refractivity contribution >= 4 is 27.3 Å². The maximum atomic E-state index is 12.1. The number of rotatable bonds is 4. The molecule has 0 aromatic carbocycles. The van der Waals surface area contributed by atoms with E-state index in [4.69, 9.17) is 0 Å². The molecular formula is C15H20N4O3S2. The Morgan fingerprint density at radius 1 is 1.38 bits per heavy atom. The molecule has 0 fully saturated rings. The van der Waals surface area contributed by atoms with Gasteiger partial charge in [-0.2, -0.15) is 9.40 Å². The molecule has 0 saturated heterocycles. The first kappa shape index (κ1) is 17.1. The van der Waals surface area contributed by atoms with Crippen molar-refractivity contribution in [3.63, 3.8) is 0 Å². The second kappa shape index (κ2) is 6.66. The lowest BCUT2D eigenvalue weighted by atomic mass is 10.3. The van der Waals surface area contributed by atoms with Gasteiger partial charge in [0.2, 0.25) is 10.0 Å². The van der Waals surface area contributed by atoms with Gasteiger partial charge in [-0.15, -0.1) is 11.3 Å². The third kappa shape index (κ3) is 3.85. The van der Waals surface area contributed by atoms with Gasteiger partial charge in [0.25, 0.3) is 5.91 Å². The van der Waals surface area contributed by atoms with Crippen molar-refractivity contribution in [2.75, 3.05) is 12.8 Å². The van der Waals surface area contributed by atoms with Crippen LogP contribution in [0.15, 0.2) is 17.5 Å². The van der Waals surface area contributed by atoms with Crippen molar-refractivity contribution in [1.82, 2.24) is 19.4 Å². The average molecular weight is 368 g/mol. The molecule has 2 aromatic rings. The van der Waals surface area contributed by atoms with Gasteiger partial charge in [-0.25, -0.2) is 8.42 Å². The number of hydrogen-bond donors (Lipinski definition) is 1. The Morgan fingerprint density at radius 2 is 2.17 bits per heavy atom. The van der Waals surface area contributed by atoms with Gasteiger partial charge in [-0.1, -0.05) is 0 Å². The standard InChI is InChI=1S/C15H20N4O3S2/c1-11-6-12(10-23-11)15(20)16-8-13-7-14-9-18(24(2,21)22)4-3-5-19(14)17-13/h6-7,10H,3-5,8-9H2,1-2H3,(H,16,20). The number of nitrogens with one attached hydrogen (secondary N) is 1. The molecule has 0 atom stereocenters. The van der Waals surface area contributed by atoms with E-state index in [0.29, 0.717) is 31.7 Å². The van der Waals surface area contributed by atoms with Crippen LogP contribution in [-0.2, 0) is 29.7 Å². The highest BCUT2D eigenvalue weighted by Gasteiger charge is 2.22. The minimum atomic E-state index is -3.22. The molecular weight excluding hydrogens is 348 g/mol. The third-order valence-corrected chi connectivity index (χ3v) is 6.03. The fraction of sp³-hybridized carbons (Fsp3) is 0.467. The normalized spacial score (nSPS) is 15.8. The number of nitrogens with zero attached hydrogens (tertiary/aromatic N) is 3. The van der Waals surface area contributed by atoms with Crippen LogP contribution in [0, 0.1) is 6.92 Å². The van der Waals surface area contributed by atoms with Gasteiger partial charge in [0.15, 0.2) is 0 Å². The van der Waals surface area contributed by atoms with Crippen molar-refractivity contribution in [2.24, 2.45) is 0 Å². The number of carbonyl (C=O) groups excluding carboxylic acids is 1. The van der Waals surface area contributed by atoms with Gasteiger partial charge in [0.1, 0.15) is 0 Å². The fourth-order valence-electron chi connectivity index (χ4n) is 2.70. The Labute approximate surface area is 145 Å². The molecule has 1 aliphatic heterocycles. The lowest BCUT2D eigenvalue weighted by molar-refractivity contribution is 0.0950. The van der Waals surface area contributed by atoms with E-state index in [-0.39, 0.29) is 5.91 Å². The van der Waals surface area contributed by atoms with E-state index in [1.54, 1.807) is 0 Å². The van der Waals surface area contributed by atoms with Crippen molar-refractivity contribution in [3.05, 3.63) is 39.3 Å². The summed E-state index contributed by atoms with van der Waals surface area (Å²) in [5.74, 6) is -0.125. The Hall–Kier alpha value is -1.71. The van der Waals surface area contributed by atoms with E-state index in [0.717, 1.165) is 22.7 Å². The quantitative estimate of drug-likeness (QED) is 0.883. The SMILES string of the molecule is Cc1cc(C(=O)NCc2cc3n(n2)CCCN(S(C)(=O)=O)C3)cs1. The van der Waals surface area contributed by atoms with Crippen molar-refractivity contribution in [1.29, 1.82) is 0 Å². The lowest BCUT2D eigenvalue weighted by Gasteiger charge is -2.16. The first-order chi connectivity index (χ1) is 11.3. The number of amides is 1. The molecule has 2 aromatic heterocycles. The highest BCUT2D eigenvalue weighted by atomic mass is 32.2. The predicted molar refractivity (Wildman–Crippen MR) is 92.3 cm³/mol. The summed E-state index contributed by atoms with van der Waals surface area (Å²) in [5.41, 5.74) is 2.25. The molecule has 9 heteroatoms. The topological polar surface area (TPSA) is 84.3 Å². The second-order valence-electron chi connectivity index (χ2n) is 5.93. The maximum Gasteiger partial charge on any atom is 0.252 e. The van der Waals surface area contributed by atoms with Gasteiger partial charge in [0.05, 0.1) is 36.3 Å². The number of aryl methyl sites for hydroxylation is 2. The molecule has 24 heavy (non-hydrogen) atoms. The molecule has 0 radical (unpaired) electrons. The minimum absolute atomic E-state index is 0.125. The molecule has 0 saturated carbocycles. The number of fused-ring (bicyclic) bond motifs is 1. The fourth-order valence-corrected chi connectivity index (χ4v) is 4.21. The van der Waals surface area contributed by atoms with Crippen LogP contribution in [0.2, 0.25) is 0 Å². The summed E-state index contributed by atoms with van der Waals surface area (Å²) in [4.78, 5) is 13.2. The van der Waals surface area contributed by atoms with Gasteiger partial charge in [0, 0.05) is 23.3 Å². The summed E-state index contributed by atoms with van der Waals surface area (Å²) in [6, 6.07) is 3.72. The summed E-state index contributed by atoms with van der Waals surface area (Å²) in [5, 5.41) is 9.17. The lowest BCUT2D eigenvalue weighted by Crippen LogP contribution is -2.29. The number of aromatic nitrogens is 2. The Kier molecular flexibility index (Phi) is 4.75. The largest absolute Gasteiger partial charge is 0.346 e. The first-order valence-electron chi connectivity index (χ1n) is 7.67. The summed E-state index contributed by atoms with van der Waals surface area (Å²) in [7, 11) is -3.22. The van der Waals surface area contributed by atoms with Crippen LogP contribution in [0.4, 0.5) is 0 Å². The van der Waals surface area contributed by atoms with Gasteiger partial charge < -0.3 is 5.32 Å². The molecule has 3 rings (SSSR count). The van der Waals surface area contributed by atoms with Crippen LogP contribution in [0.3, 0.4) is 0 Å². The zero-order chi connectivity index (χ0) is 17.3. The van der Waals surface area contributed by atoms with Crippen LogP contribution in [0.1, 0.15) is 33.0 Å². The maximum absolute atomic E-state index is 12.1. The van der Waals surface area contributed by atoms with E-state index in [9.17, 15) is 13.2 Å². The molecule has 0 aliphatic carbocycles. The van der Waals surface area contributed by atoms with E-state index in [1.807, 2.05) is 29.1 Å². The van der Waals surface area contributed by atoms with Crippen LogP contribution < -0.4 is 5.32 Å². The smallest absolute Gasteiger partial charge is 0.252 e. The first-order valence-corrected chi connectivity index (χ1v) is 10.4. The number of thiophene rings is 1. The van der Waals surface area contributed by atoms with Crippen molar-refractivity contribution in [2.45, 2.75) is 33.0 Å². The monoisotopic (exact) mass is 368 g/mol. The number of carbonyl (C=O) groups is 1. The van der Waals surface area contributed by atoms with Crippen LogP contribution >= 0.6 is 11.3 Å². The van der Waals surface area contributed by atoms with Crippen molar-refractivity contribution in [3.8, 4) is 0 Å². The van der Waals surface area contributed by atoms with E-state index >= 15 is 0 Å². The zero-order valence-electron chi connectivity index (χ0n) is 13.7. The predicted octanol–water partition coefficient (Wildman–Crippen LogP) is 1.35. The van der Waals surface area contributed by atoms with Crippen LogP contribution in [0.25, 0.3) is 0 Å². The molecule has 1 N–H and O–H groups in total. The molecule has 0 unspecified atom stereocenters. The molecule has 3 heterocycles. The second-order valence-corrected chi connectivity index (χ2v) is 9.03. The molecule has 7 nitrogen and oxygen atoms in total. The Balaban J connectivity index is 1.68. The molecule has 0 bridgehead atoms. The summed E-state index contributed by atoms with van der Waals surface area (Å²) in [6.07, 6.45) is 1.95. The number of hydrogen-bond acceptors (Lipinski definition) is 5. The van der Waals surface area contributed by atoms with Gasteiger partial charge in [-0.3, -0.25) is 9.48 Å². The van der Waals surface area contributed by atoms with E-state index < -0.39 is 10.0 Å². The Morgan fingerprint density at radius 3 is 2.83 bits per heavy atom. The summed E-state index contributed by atoms with van der Waals surface area (Å²) in [6.45, 7) is 3.79. The highest BCUT2D eigenvalue weighted by molar-refractivity contribution is 7.88. The molecule has 0 spiro atoms. The van der Waals surface area contributed by atoms with Crippen LogP contribution in [-0.4, -0.2) is 41.2 Å². The van der Waals surface area contributed by atoms with Crippen LogP contribution in [0.5, 0.6) is 0 Å². The summed E-state index contributed by atoms with van der Waals surface area (Å²) < 4.78 is 26.8. The third-order valence-electron chi connectivity index (χ3n) is 3.92. The average Bonchev–Trinajstić information content (AvgIpc) is 3.04. The van der Waals surface area contributed by atoms with E-state index in [2.05, 4.69) is 10.4 Å². The number of sulfonamides is 1. The van der Waals surface area contributed by atoms with Gasteiger partial charge >= 0.3 is 0 Å². The molecule has 1 amide bonds. The zero-order valence-corrected chi connectivity index (χ0v) is 15.3. The van der Waals surface area contributed by atoms with Gasteiger partial charge in [-0.05, 0) is 25.5 Å². The Bertz CT molecular complexity index is 854. The van der Waals surface area contributed by atoms with E-state index in [1.165, 1.54) is 21.9 Å².